The average molecular weight is 166 g/mol. The summed E-state index contributed by atoms with van der Waals surface area (Å²) in [6.45, 7) is 6.04. The molecule has 0 amide bonds. The van der Waals surface area contributed by atoms with E-state index < -0.39 is 0 Å². The summed E-state index contributed by atoms with van der Waals surface area (Å²) in [6.07, 6.45) is 6.61. The fourth-order valence-corrected chi connectivity index (χ4v) is 2.29. The largest absolute Gasteiger partial charge is 0.300 e. The Morgan fingerprint density at radius 2 is 2.25 bits per heavy atom. The normalized spacial score (nSPS) is 35.1. The van der Waals surface area contributed by atoms with E-state index in [4.69, 9.17) is 0 Å². The maximum atomic E-state index is 11.3. The van der Waals surface area contributed by atoms with Gasteiger partial charge in [0, 0.05) is 5.92 Å². The second kappa shape index (κ2) is 3.88. The van der Waals surface area contributed by atoms with Gasteiger partial charge in [-0.2, -0.15) is 0 Å². The average Bonchev–Trinajstić information content (AvgIpc) is 2.03. The van der Waals surface area contributed by atoms with Crippen LogP contribution in [-0.4, -0.2) is 5.78 Å². The zero-order valence-electron chi connectivity index (χ0n) is 8.21. The second-order valence-corrected chi connectivity index (χ2v) is 3.83. The molecule has 1 rings (SSSR count). The van der Waals surface area contributed by atoms with Crippen molar-refractivity contribution in [1.29, 1.82) is 0 Å². The van der Waals surface area contributed by atoms with E-state index in [-0.39, 0.29) is 5.92 Å². The van der Waals surface area contributed by atoms with Crippen LogP contribution in [0.5, 0.6) is 0 Å². The van der Waals surface area contributed by atoms with Gasteiger partial charge in [0.15, 0.2) is 0 Å². The fraction of sp³-hybridized carbons (Fsp3) is 0.727. The first-order valence-electron chi connectivity index (χ1n) is 4.84. The summed E-state index contributed by atoms with van der Waals surface area (Å²) in [5, 5.41) is 0. The Balaban J connectivity index is 2.76. The number of carbonyl (C=O) groups excluding carboxylic acids is 1. The summed E-state index contributed by atoms with van der Waals surface area (Å²) in [4.78, 5) is 11.3. The van der Waals surface area contributed by atoms with Gasteiger partial charge in [-0.25, -0.2) is 0 Å². The van der Waals surface area contributed by atoms with Crippen molar-refractivity contribution in [2.75, 3.05) is 0 Å². The molecular weight excluding hydrogens is 148 g/mol. The van der Waals surface area contributed by atoms with Crippen LogP contribution in [0.4, 0.5) is 0 Å². The minimum absolute atomic E-state index is 0.278. The Morgan fingerprint density at radius 1 is 1.58 bits per heavy atom. The van der Waals surface area contributed by atoms with E-state index >= 15 is 0 Å². The summed E-state index contributed by atoms with van der Waals surface area (Å²) in [5.41, 5.74) is 0. The number of hydrogen-bond donors (Lipinski definition) is 0. The topological polar surface area (TPSA) is 17.1 Å². The van der Waals surface area contributed by atoms with E-state index in [1.54, 1.807) is 6.92 Å². The van der Waals surface area contributed by atoms with Gasteiger partial charge in [0.2, 0.25) is 0 Å². The van der Waals surface area contributed by atoms with Gasteiger partial charge in [-0.15, -0.1) is 0 Å². The van der Waals surface area contributed by atoms with Gasteiger partial charge in [-0.05, 0) is 25.2 Å². The Kier molecular flexibility index (Phi) is 3.07. The van der Waals surface area contributed by atoms with E-state index in [0.717, 1.165) is 12.8 Å². The van der Waals surface area contributed by atoms with E-state index in [2.05, 4.69) is 26.0 Å². The highest BCUT2D eigenvalue weighted by Gasteiger charge is 2.29. The van der Waals surface area contributed by atoms with Crippen LogP contribution in [0, 0.1) is 17.8 Å². The lowest BCUT2D eigenvalue weighted by Gasteiger charge is -2.30. The first kappa shape index (κ1) is 9.50. The Hall–Kier alpha value is -0.590. The second-order valence-electron chi connectivity index (χ2n) is 3.83. The molecular formula is C11H18O. The third-order valence-electron chi connectivity index (χ3n) is 2.95. The predicted molar refractivity (Wildman–Crippen MR) is 50.9 cm³/mol. The molecule has 1 aliphatic carbocycles. The van der Waals surface area contributed by atoms with Crippen LogP contribution >= 0.6 is 0 Å². The zero-order chi connectivity index (χ0) is 9.14. The van der Waals surface area contributed by atoms with Gasteiger partial charge in [0.05, 0.1) is 0 Å². The van der Waals surface area contributed by atoms with E-state index in [1.807, 2.05) is 0 Å². The monoisotopic (exact) mass is 166 g/mol. The highest BCUT2D eigenvalue weighted by molar-refractivity contribution is 5.79. The number of carbonyl (C=O) groups is 1. The van der Waals surface area contributed by atoms with Gasteiger partial charge in [-0.3, -0.25) is 4.79 Å². The molecule has 68 valence electrons. The lowest BCUT2D eigenvalue weighted by Crippen LogP contribution is -2.29. The molecule has 0 heterocycles. The number of hydrogen-bond acceptors (Lipinski definition) is 1. The fourth-order valence-electron chi connectivity index (χ4n) is 2.29. The van der Waals surface area contributed by atoms with Crippen LogP contribution in [0.3, 0.4) is 0 Å². The van der Waals surface area contributed by atoms with Crippen LogP contribution in [0.1, 0.15) is 33.6 Å². The SMILES string of the molecule is CCC1CC=CC(C)C1C(C)=O. The third kappa shape index (κ3) is 1.77. The molecule has 1 nitrogen and oxygen atoms in total. The van der Waals surface area contributed by atoms with Crippen LogP contribution in [0.25, 0.3) is 0 Å². The molecule has 1 heteroatoms. The molecule has 0 spiro atoms. The van der Waals surface area contributed by atoms with Gasteiger partial charge in [0.25, 0.3) is 0 Å². The van der Waals surface area contributed by atoms with Crippen molar-refractivity contribution in [3.63, 3.8) is 0 Å². The maximum absolute atomic E-state index is 11.3. The third-order valence-corrected chi connectivity index (χ3v) is 2.95. The van der Waals surface area contributed by atoms with Crippen molar-refractivity contribution in [2.45, 2.75) is 33.6 Å². The van der Waals surface area contributed by atoms with Crippen molar-refractivity contribution < 1.29 is 4.79 Å². The summed E-state index contributed by atoms with van der Waals surface area (Å²) in [6, 6.07) is 0. The van der Waals surface area contributed by atoms with Crippen LogP contribution < -0.4 is 0 Å². The maximum Gasteiger partial charge on any atom is 0.133 e. The van der Waals surface area contributed by atoms with E-state index in [1.165, 1.54) is 0 Å². The standard InChI is InChI=1S/C11H18O/c1-4-10-7-5-6-8(2)11(10)9(3)12/h5-6,8,10-11H,4,7H2,1-3H3. The number of allylic oxidation sites excluding steroid dienone is 2. The molecule has 0 aliphatic heterocycles. The van der Waals surface area contributed by atoms with Crippen LogP contribution in [-0.2, 0) is 4.79 Å². The summed E-state index contributed by atoms with van der Waals surface area (Å²) >= 11 is 0. The molecule has 0 fully saturated rings. The van der Waals surface area contributed by atoms with Crippen LogP contribution in [0.2, 0.25) is 0 Å². The molecule has 3 unspecified atom stereocenters. The summed E-state index contributed by atoms with van der Waals surface area (Å²) in [5.74, 6) is 1.67. The van der Waals surface area contributed by atoms with Crippen molar-refractivity contribution >= 4 is 5.78 Å². The van der Waals surface area contributed by atoms with Gasteiger partial charge in [-0.1, -0.05) is 32.4 Å². The van der Waals surface area contributed by atoms with Crippen molar-refractivity contribution in [3.8, 4) is 0 Å². The molecule has 0 radical (unpaired) electrons. The molecule has 0 bridgehead atoms. The smallest absolute Gasteiger partial charge is 0.133 e. The molecule has 0 aromatic heterocycles. The van der Waals surface area contributed by atoms with E-state index in [0.29, 0.717) is 17.6 Å². The predicted octanol–water partition coefficient (Wildman–Crippen LogP) is 2.81. The first-order valence-corrected chi connectivity index (χ1v) is 4.84. The quantitative estimate of drug-likeness (QED) is 0.576. The van der Waals surface area contributed by atoms with Crippen molar-refractivity contribution in [2.24, 2.45) is 17.8 Å². The molecule has 12 heavy (non-hydrogen) atoms. The lowest BCUT2D eigenvalue weighted by molar-refractivity contribution is -0.123. The Bertz CT molecular complexity index is 193. The number of ketones is 1. The first-order chi connectivity index (χ1) is 5.66. The molecule has 0 saturated carbocycles. The van der Waals surface area contributed by atoms with Crippen LogP contribution in [0.15, 0.2) is 12.2 Å². The van der Waals surface area contributed by atoms with Crippen molar-refractivity contribution in [3.05, 3.63) is 12.2 Å². The van der Waals surface area contributed by atoms with Gasteiger partial charge in [0.1, 0.15) is 5.78 Å². The van der Waals surface area contributed by atoms with Crippen molar-refractivity contribution in [1.82, 2.24) is 0 Å². The number of rotatable bonds is 2. The number of Topliss-reactive ketones (excluding diaryl/α,β-unsaturated/α-hetero) is 1. The Labute approximate surface area is 74.9 Å². The highest BCUT2D eigenvalue weighted by Crippen LogP contribution is 2.32. The molecule has 0 saturated heterocycles. The zero-order valence-corrected chi connectivity index (χ0v) is 8.21. The molecule has 1 aliphatic rings. The minimum atomic E-state index is 0.278. The summed E-state index contributed by atoms with van der Waals surface area (Å²) in [7, 11) is 0. The molecule has 0 aromatic carbocycles. The minimum Gasteiger partial charge on any atom is -0.300 e. The van der Waals surface area contributed by atoms with Gasteiger partial charge >= 0.3 is 0 Å². The van der Waals surface area contributed by atoms with Gasteiger partial charge < -0.3 is 0 Å². The molecule has 3 atom stereocenters. The Morgan fingerprint density at radius 3 is 2.67 bits per heavy atom. The molecule has 0 aromatic rings. The lowest BCUT2D eigenvalue weighted by atomic mass is 9.73. The summed E-state index contributed by atoms with van der Waals surface area (Å²) < 4.78 is 0. The highest BCUT2D eigenvalue weighted by atomic mass is 16.1. The van der Waals surface area contributed by atoms with E-state index in [9.17, 15) is 4.79 Å². The molecule has 0 N–H and O–H groups in total.